The van der Waals surface area contributed by atoms with Crippen LogP contribution in [0, 0.1) is 6.92 Å². The second-order valence-corrected chi connectivity index (χ2v) is 4.87. The van der Waals surface area contributed by atoms with Crippen LogP contribution in [-0.2, 0) is 11.2 Å². The number of hydrogen-bond acceptors (Lipinski definition) is 4. The molecule has 0 fully saturated rings. The largest absolute Gasteiger partial charge is 0.496 e. The van der Waals surface area contributed by atoms with Crippen LogP contribution in [-0.4, -0.2) is 18.2 Å². The lowest BCUT2D eigenvalue weighted by Gasteiger charge is -2.06. The topological polar surface area (TPSA) is 64.4 Å². The van der Waals surface area contributed by atoms with E-state index in [4.69, 9.17) is 9.26 Å². The Balaban J connectivity index is 2.00. The minimum Gasteiger partial charge on any atom is -0.496 e. The Kier molecular flexibility index (Phi) is 4.21. The summed E-state index contributed by atoms with van der Waals surface area (Å²) in [6, 6.07) is 7.18. The van der Waals surface area contributed by atoms with E-state index in [0.717, 1.165) is 15.8 Å². The standard InChI is InChI=1S/C13H13BrN2O3/c1-8-5-12(16-19-8)15-13(17)7-9-3-4-11(18-2)10(14)6-9/h3-6H,7H2,1-2H3,(H,15,16,17). The molecule has 0 saturated heterocycles. The van der Waals surface area contributed by atoms with E-state index in [2.05, 4.69) is 26.4 Å². The highest BCUT2D eigenvalue weighted by Gasteiger charge is 2.09. The van der Waals surface area contributed by atoms with Crippen molar-refractivity contribution < 1.29 is 14.1 Å². The number of nitrogens with one attached hydrogen (secondary N) is 1. The van der Waals surface area contributed by atoms with Crippen molar-refractivity contribution in [3.05, 3.63) is 40.1 Å². The Morgan fingerprint density at radius 3 is 2.84 bits per heavy atom. The first-order valence-corrected chi connectivity index (χ1v) is 6.43. The summed E-state index contributed by atoms with van der Waals surface area (Å²) in [6.07, 6.45) is 0.258. The minimum absolute atomic E-state index is 0.148. The number of halogens is 1. The molecule has 5 nitrogen and oxygen atoms in total. The van der Waals surface area contributed by atoms with Crippen molar-refractivity contribution in [1.82, 2.24) is 5.16 Å². The summed E-state index contributed by atoms with van der Waals surface area (Å²) < 4.78 is 10.8. The molecule has 0 bridgehead atoms. The van der Waals surface area contributed by atoms with Crippen molar-refractivity contribution in [1.29, 1.82) is 0 Å². The lowest BCUT2D eigenvalue weighted by molar-refractivity contribution is -0.115. The zero-order valence-electron chi connectivity index (χ0n) is 10.6. The van der Waals surface area contributed by atoms with Crippen molar-refractivity contribution in [3.8, 4) is 5.75 Å². The molecule has 1 aromatic carbocycles. The quantitative estimate of drug-likeness (QED) is 0.939. The van der Waals surface area contributed by atoms with Crippen LogP contribution in [0.4, 0.5) is 5.82 Å². The van der Waals surface area contributed by atoms with Gasteiger partial charge in [0.1, 0.15) is 11.5 Å². The molecule has 0 radical (unpaired) electrons. The van der Waals surface area contributed by atoms with Gasteiger partial charge in [0.05, 0.1) is 18.0 Å². The number of carbonyl (C=O) groups excluding carboxylic acids is 1. The van der Waals surface area contributed by atoms with E-state index in [1.54, 1.807) is 20.1 Å². The fraction of sp³-hybridized carbons (Fsp3) is 0.231. The van der Waals surface area contributed by atoms with Crippen molar-refractivity contribution in [3.63, 3.8) is 0 Å². The smallest absolute Gasteiger partial charge is 0.230 e. The van der Waals surface area contributed by atoms with Gasteiger partial charge in [0.25, 0.3) is 0 Å². The Morgan fingerprint density at radius 2 is 2.26 bits per heavy atom. The van der Waals surface area contributed by atoms with Crippen LogP contribution in [0.25, 0.3) is 0 Å². The van der Waals surface area contributed by atoms with Gasteiger partial charge < -0.3 is 14.6 Å². The minimum atomic E-state index is -0.148. The van der Waals surface area contributed by atoms with Crippen molar-refractivity contribution in [2.75, 3.05) is 12.4 Å². The van der Waals surface area contributed by atoms with Gasteiger partial charge >= 0.3 is 0 Å². The van der Waals surface area contributed by atoms with Crippen LogP contribution in [0.3, 0.4) is 0 Å². The molecular weight excluding hydrogens is 312 g/mol. The van der Waals surface area contributed by atoms with Crippen molar-refractivity contribution in [2.45, 2.75) is 13.3 Å². The number of amides is 1. The monoisotopic (exact) mass is 324 g/mol. The van der Waals surface area contributed by atoms with Crippen LogP contribution in [0.5, 0.6) is 5.75 Å². The summed E-state index contributed by atoms with van der Waals surface area (Å²) >= 11 is 3.38. The summed E-state index contributed by atoms with van der Waals surface area (Å²) in [4.78, 5) is 11.8. The third kappa shape index (κ3) is 3.57. The normalized spacial score (nSPS) is 10.3. The molecule has 0 unspecified atom stereocenters. The number of anilines is 1. The Morgan fingerprint density at radius 1 is 1.47 bits per heavy atom. The number of hydrogen-bond donors (Lipinski definition) is 1. The van der Waals surface area contributed by atoms with Crippen LogP contribution < -0.4 is 10.1 Å². The first-order chi connectivity index (χ1) is 9.08. The number of ether oxygens (including phenoxy) is 1. The van der Waals surface area contributed by atoms with Crippen LogP contribution in [0.2, 0.25) is 0 Å². The molecule has 1 N–H and O–H groups in total. The fourth-order valence-electron chi connectivity index (χ4n) is 1.62. The highest BCUT2D eigenvalue weighted by Crippen LogP contribution is 2.25. The molecule has 100 valence electrons. The summed E-state index contributed by atoms with van der Waals surface area (Å²) in [5.41, 5.74) is 0.880. The average Bonchev–Trinajstić information content (AvgIpc) is 2.74. The number of methoxy groups -OCH3 is 1. The van der Waals surface area contributed by atoms with E-state index in [0.29, 0.717) is 11.6 Å². The summed E-state index contributed by atoms with van der Waals surface area (Å²) in [5.74, 6) is 1.67. The molecular formula is C13H13BrN2O3. The van der Waals surface area contributed by atoms with E-state index < -0.39 is 0 Å². The van der Waals surface area contributed by atoms with Crippen LogP contribution in [0.1, 0.15) is 11.3 Å². The number of aromatic nitrogens is 1. The van der Waals surface area contributed by atoms with Gasteiger partial charge in [0.15, 0.2) is 5.82 Å². The van der Waals surface area contributed by atoms with Crippen LogP contribution in [0.15, 0.2) is 33.3 Å². The molecule has 1 aromatic heterocycles. The number of benzene rings is 1. The predicted molar refractivity (Wildman–Crippen MR) is 74.3 cm³/mol. The second-order valence-electron chi connectivity index (χ2n) is 4.02. The molecule has 6 heteroatoms. The predicted octanol–water partition coefficient (Wildman–Crippen LogP) is 2.94. The fourth-order valence-corrected chi connectivity index (χ4v) is 2.21. The maximum atomic E-state index is 11.8. The number of carbonyl (C=O) groups is 1. The molecule has 0 atom stereocenters. The molecule has 0 saturated carbocycles. The molecule has 0 aliphatic heterocycles. The zero-order chi connectivity index (χ0) is 13.8. The molecule has 2 rings (SSSR count). The molecule has 1 amide bonds. The maximum absolute atomic E-state index is 11.8. The number of nitrogens with zero attached hydrogens (tertiary/aromatic N) is 1. The van der Waals surface area contributed by atoms with Crippen molar-refractivity contribution >= 4 is 27.7 Å². The highest BCUT2D eigenvalue weighted by atomic mass is 79.9. The second kappa shape index (κ2) is 5.88. The van der Waals surface area contributed by atoms with Gasteiger partial charge in [-0.3, -0.25) is 4.79 Å². The molecule has 1 heterocycles. The summed E-state index contributed by atoms with van der Waals surface area (Å²) in [5, 5.41) is 6.38. The number of aryl methyl sites for hydroxylation is 1. The summed E-state index contributed by atoms with van der Waals surface area (Å²) in [7, 11) is 1.60. The van der Waals surface area contributed by atoms with Gasteiger partial charge in [-0.15, -0.1) is 0 Å². The first-order valence-electron chi connectivity index (χ1n) is 5.64. The maximum Gasteiger partial charge on any atom is 0.230 e. The summed E-state index contributed by atoms with van der Waals surface area (Å²) in [6.45, 7) is 1.77. The van der Waals surface area contributed by atoms with E-state index in [1.807, 2.05) is 18.2 Å². The van der Waals surface area contributed by atoms with Gasteiger partial charge in [-0.2, -0.15) is 0 Å². The molecule has 0 aliphatic rings. The van der Waals surface area contributed by atoms with Gasteiger partial charge in [0, 0.05) is 6.07 Å². The van der Waals surface area contributed by atoms with E-state index in [1.165, 1.54) is 0 Å². The van der Waals surface area contributed by atoms with Gasteiger partial charge in [-0.1, -0.05) is 11.2 Å². The molecule has 19 heavy (non-hydrogen) atoms. The molecule has 0 spiro atoms. The van der Waals surface area contributed by atoms with Gasteiger partial charge in [0.2, 0.25) is 5.91 Å². The number of rotatable bonds is 4. The molecule has 2 aromatic rings. The first kappa shape index (κ1) is 13.6. The van der Waals surface area contributed by atoms with E-state index in [-0.39, 0.29) is 12.3 Å². The lowest BCUT2D eigenvalue weighted by Crippen LogP contribution is -2.14. The van der Waals surface area contributed by atoms with Gasteiger partial charge in [-0.05, 0) is 40.5 Å². The van der Waals surface area contributed by atoms with E-state index in [9.17, 15) is 4.79 Å². The average molecular weight is 325 g/mol. The highest BCUT2D eigenvalue weighted by molar-refractivity contribution is 9.10. The van der Waals surface area contributed by atoms with Crippen LogP contribution >= 0.6 is 15.9 Å². The van der Waals surface area contributed by atoms with Crippen molar-refractivity contribution in [2.24, 2.45) is 0 Å². The zero-order valence-corrected chi connectivity index (χ0v) is 12.2. The molecule has 0 aliphatic carbocycles. The Hall–Kier alpha value is -1.82. The lowest BCUT2D eigenvalue weighted by atomic mass is 10.1. The van der Waals surface area contributed by atoms with Gasteiger partial charge in [-0.25, -0.2) is 0 Å². The SMILES string of the molecule is COc1ccc(CC(=O)Nc2cc(C)on2)cc1Br. The third-order valence-corrected chi connectivity index (χ3v) is 3.10. The Bertz CT molecular complexity index is 595. The third-order valence-electron chi connectivity index (χ3n) is 2.48. The Labute approximate surface area is 119 Å². The van der Waals surface area contributed by atoms with E-state index >= 15 is 0 Å².